The van der Waals surface area contributed by atoms with Crippen molar-refractivity contribution in [3.63, 3.8) is 0 Å². The van der Waals surface area contributed by atoms with Crippen molar-refractivity contribution in [3.05, 3.63) is 29.8 Å². The molecule has 1 amide bonds. The number of carboxylic acids is 1. The number of nitrogens with one attached hydrogen (secondary N) is 1. The lowest BCUT2D eigenvalue weighted by Crippen LogP contribution is -2.46. The fraction of sp³-hybridized carbons (Fsp3) is 0.500. The van der Waals surface area contributed by atoms with Gasteiger partial charge in [0.1, 0.15) is 11.8 Å². The van der Waals surface area contributed by atoms with Crippen molar-refractivity contribution in [1.82, 2.24) is 5.32 Å². The van der Waals surface area contributed by atoms with Gasteiger partial charge in [-0.2, -0.15) is 0 Å². The summed E-state index contributed by atoms with van der Waals surface area (Å²) in [5.74, 6) is -0.686. The Balaban J connectivity index is 2.57. The van der Waals surface area contributed by atoms with Crippen LogP contribution in [0.5, 0.6) is 5.75 Å². The largest absolute Gasteiger partial charge is 0.484 e. The number of rotatable bonds is 7. The van der Waals surface area contributed by atoms with Crippen LogP contribution in [-0.4, -0.2) is 29.6 Å². The van der Waals surface area contributed by atoms with E-state index in [2.05, 4.69) is 19.2 Å². The van der Waals surface area contributed by atoms with Crippen LogP contribution in [0.3, 0.4) is 0 Å². The fourth-order valence-electron chi connectivity index (χ4n) is 1.84. The molecule has 0 heterocycles. The fourth-order valence-corrected chi connectivity index (χ4v) is 1.84. The molecule has 0 aromatic heterocycles. The Morgan fingerprint density at radius 3 is 2.43 bits per heavy atom. The molecular formula is C16H23NO4. The van der Waals surface area contributed by atoms with Gasteiger partial charge in [0.25, 0.3) is 5.91 Å². The summed E-state index contributed by atoms with van der Waals surface area (Å²) in [6, 6.07) is 6.63. The van der Waals surface area contributed by atoms with Crippen LogP contribution < -0.4 is 10.1 Å². The SMILES string of the molecule is CC(C)c1cccc(OCC(=O)NC(C(=O)O)C(C)C)c1. The Morgan fingerprint density at radius 2 is 1.90 bits per heavy atom. The summed E-state index contributed by atoms with van der Waals surface area (Å²) in [6.07, 6.45) is 0. The molecule has 21 heavy (non-hydrogen) atoms. The third-order valence-corrected chi connectivity index (χ3v) is 3.14. The molecule has 0 aliphatic rings. The molecule has 116 valence electrons. The Hall–Kier alpha value is -2.04. The predicted octanol–water partition coefficient (Wildman–Crippen LogP) is 2.41. The number of carbonyl (C=O) groups is 2. The van der Waals surface area contributed by atoms with Crippen molar-refractivity contribution in [1.29, 1.82) is 0 Å². The van der Waals surface area contributed by atoms with Gasteiger partial charge in [0.2, 0.25) is 0 Å². The van der Waals surface area contributed by atoms with Crippen molar-refractivity contribution < 1.29 is 19.4 Å². The van der Waals surface area contributed by atoms with Crippen LogP contribution in [0, 0.1) is 5.92 Å². The van der Waals surface area contributed by atoms with Crippen molar-refractivity contribution >= 4 is 11.9 Å². The van der Waals surface area contributed by atoms with Crippen molar-refractivity contribution in [2.45, 2.75) is 39.7 Å². The lowest BCUT2D eigenvalue weighted by atomic mass is 10.0. The summed E-state index contributed by atoms with van der Waals surface area (Å²) in [5.41, 5.74) is 1.12. The molecule has 0 saturated heterocycles. The average Bonchev–Trinajstić information content (AvgIpc) is 2.42. The molecule has 0 aliphatic carbocycles. The van der Waals surface area contributed by atoms with Gasteiger partial charge in [0.05, 0.1) is 0 Å². The van der Waals surface area contributed by atoms with Gasteiger partial charge in [-0.3, -0.25) is 4.79 Å². The van der Waals surface area contributed by atoms with Gasteiger partial charge < -0.3 is 15.2 Å². The summed E-state index contributed by atoms with van der Waals surface area (Å²) in [7, 11) is 0. The van der Waals surface area contributed by atoms with Crippen molar-refractivity contribution in [3.8, 4) is 5.75 Å². The molecule has 1 rings (SSSR count). The van der Waals surface area contributed by atoms with E-state index in [4.69, 9.17) is 9.84 Å². The minimum atomic E-state index is -1.04. The third-order valence-electron chi connectivity index (χ3n) is 3.14. The minimum absolute atomic E-state index is 0.185. The van der Waals surface area contributed by atoms with E-state index < -0.39 is 17.9 Å². The third kappa shape index (κ3) is 5.45. The van der Waals surface area contributed by atoms with Gasteiger partial charge in [-0.05, 0) is 29.5 Å². The van der Waals surface area contributed by atoms with Crippen molar-refractivity contribution in [2.24, 2.45) is 5.92 Å². The molecule has 2 N–H and O–H groups in total. The van der Waals surface area contributed by atoms with Crippen LogP contribution in [-0.2, 0) is 9.59 Å². The zero-order chi connectivity index (χ0) is 16.0. The van der Waals surface area contributed by atoms with Gasteiger partial charge in [0.15, 0.2) is 6.61 Å². The first-order valence-electron chi connectivity index (χ1n) is 7.06. The molecule has 0 saturated carbocycles. The number of carboxylic acid groups (broad SMARTS) is 1. The standard InChI is InChI=1S/C16H23NO4/c1-10(2)12-6-5-7-13(8-12)21-9-14(18)17-15(11(3)4)16(19)20/h5-8,10-11,15H,9H2,1-4H3,(H,17,18)(H,19,20). The Bertz CT molecular complexity index is 497. The zero-order valence-corrected chi connectivity index (χ0v) is 12.9. The highest BCUT2D eigenvalue weighted by molar-refractivity contribution is 5.84. The Labute approximate surface area is 125 Å². The monoisotopic (exact) mass is 293 g/mol. The van der Waals surface area contributed by atoms with Gasteiger partial charge in [-0.1, -0.05) is 39.8 Å². The number of hydrogen-bond acceptors (Lipinski definition) is 3. The number of benzene rings is 1. The van der Waals surface area contributed by atoms with E-state index >= 15 is 0 Å². The minimum Gasteiger partial charge on any atom is -0.484 e. The topological polar surface area (TPSA) is 75.6 Å². The van der Waals surface area contributed by atoms with E-state index in [1.165, 1.54) is 0 Å². The molecule has 5 nitrogen and oxygen atoms in total. The van der Waals surface area contributed by atoms with Crippen LogP contribution >= 0.6 is 0 Å². The molecule has 0 aliphatic heterocycles. The second-order valence-electron chi connectivity index (χ2n) is 5.64. The molecule has 1 aromatic carbocycles. The van der Waals surface area contributed by atoms with Gasteiger partial charge >= 0.3 is 5.97 Å². The van der Waals surface area contributed by atoms with Crippen LogP contribution in [0.2, 0.25) is 0 Å². The van der Waals surface area contributed by atoms with E-state index in [1.54, 1.807) is 19.9 Å². The zero-order valence-electron chi connectivity index (χ0n) is 12.9. The first-order valence-corrected chi connectivity index (χ1v) is 7.06. The van der Waals surface area contributed by atoms with E-state index in [0.29, 0.717) is 11.7 Å². The normalized spacial score (nSPS) is 12.3. The summed E-state index contributed by atoms with van der Waals surface area (Å²) >= 11 is 0. The maximum Gasteiger partial charge on any atom is 0.326 e. The predicted molar refractivity (Wildman–Crippen MR) is 80.4 cm³/mol. The number of carbonyl (C=O) groups excluding carboxylic acids is 1. The quantitative estimate of drug-likeness (QED) is 0.809. The van der Waals surface area contributed by atoms with E-state index in [9.17, 15) is 9.59 Å². The highest BCUT2D eigenvalue weighted by Gasteiger charge is 2.23. The number of ether oxygens (including phenoxy) is 1. The molecule has 5 heteroatoms. The molecule has 0 fully saturated rings. The number of amides is 1. The average molecular weight is 293 g/mol. The van der Waals surface area contributed by atoms with Gasteiger partial charge in [-0.25, -0.2) is 4.79 Å². The highest BCUT2D eigenvalue weighted by Crippen LogP contribution is 2.19. The summed E-state index contributed by atoms with van der Waals surface area (Å²) < 4.78 is 5.41. The molecule has 0 spiro atoms. The maximum absolute atomic E-state index is 11.8. The van der Waals surface area contributed by atoms with E-state index in [1.807, 2.05) is 18.2 Å². The summed E-state index contributed by atoms with van der Waals surface area (Å²) in [6.45, 7) is 7.44. The molecular weight excluding hydrogens is 270 g/mol. The van der Waals surface area contributed by atoms with E-state index in [0.717, 1.165) is 5.56 Å². The first-order chi connectivity index (χ1) is 9.81. The van der Waals surface area contributed by atoms with Crippen LogP contribution in [0.4, 0.5) is 0 Å². The molecule has 1 unspecified atom stereocenters. The molecule has 0 radical (unpaired) electrons. The Kier molecular flexibility index (Phi) is 6.21. The van der Waals surface area contributed by atoms with Crippen LogP contribution in [0.1, 0.15) is 39.2 Å². The van der Waals surface area contributed by atoms with E-state index in [-0.39, 0.29) is 12.5 Å². The summed E-state index contributed by atoms with van der Waals surface area (Å²) in [4.78, 5) is 22.8. The molecule has 1 aromatic rings. The lowest BCUT2D eigenvalue weighted by molar-refractivity contribution is -0.143. The highest BCUT2D eigenvalue weighted by atomic mass is 16.5. The smallest absolute Gasteiger partial charge is 0.326 e. The van der Waals surface area contributed by atoms with Gasteiger partial charge in [-0.15, -0.1) is 0 Å². The first kappa shape index (κ1) is 17.0. The molecule has 0 bridgehead atoms. The second-order valence-corrected chi connectivity index (χ2v) is 5.64. The second kappa shape index (κ2) is 7.67. The maximum atomic E-state index is 11.8. The lowest BCUT2D eigenvalue weighted by Gasteiger charge is -2.18. The Morgan fingerprint density at radius 1 is 1.24 bits per heavy atom. The van der Waals surface area contributed by atoms with Crippen LogP contribution in [0.25, 0.3) is 0 Å². The number of hydrogen-bond donors (Lipinski definition) is 2. The van der Waals surface area contributed by atoms with Crippen molar-refractivity contribution in [2.75, 3.05) is 6.61 Å². The van der Waals surface area contributed by atoms with Crippen LogP contribution in [0.15, 0.2) is 24.3 Å². The van der Waals surface area contributed by atoms with Gasteiger partial charge in [0, 0.05) is 0 Å². The summed E-state index contributed by atoms with van der Waals surface area (Å²) in [5, 5.41) is 11.5. The number of aliphatic carboxylic acids is 1. The molecule has 1 atom stereocenters.